The average Bonchev–Trinajstić information content (AvgIpc) is 1.75. The van der Waals surface area contributed by atoms with Gasteiger partial charge in [0.1, 0.15) is 6.72 Å². The van der Waals surface area contributed by atoms with Crippen molar-refractivity contribution >= 4 is 15.4 Å². The highest BCUT2D eigenvalue weighted by atomic mass is 31.1. The van der Waals surface area contributed by atoms with E-state index in [1.54, 1.807) is 0 Å². The monoisotopic (exact) mass is 74.0 g/mol. The minimum absolute atomic E-state index is 1.03. The molecule has 0 amide bonds. The van der Waals surface area contributed by atoms with E-state index in [4.69, 9.17) is 0 Å². The third-order valence-electron chi connectivity index (χ3n) is 0.382. The van der Waals surface area contributed by atoms with Gasteiger partial charge in [0.15, 0.2) is 0 Å². The molecule has 0 N–H and O–H groups in total. The number of hydrogen-bond acceptors (Lipinski definition) is 0. The molecule has 1 rings (SSSR count). The van der Waals surface area contributed by atoms with Crippen molar-refractivity contribution in [1.29, 1.82) is 0 Å². The maximum atomic E-state index is 3.60. The molecule has 22 valence electrons. The van der Waals surface area contributed by atoms with Gasteiger partial charge in [-0.1, -0.05) is 0 Å². The molecule has 2 heteroatoms. The molecule has 1 nitrogen and oxygen atoms in total. The summed E-state index contributed by atoms with van der Waals surface area (Å²) >= 11 is 0. The van der Waals surface area contributed by atoms with Crippen LogP contribution >= 0.6 is 8.73 Å². The van der Waals surface area contributed by atoms with E-state index in [0.29, 0.717) is 0 Å². The first-order chi connectivity index (χ1) is 1.89. The molecule has 1 heterocycles. The molecular weight excluding hydrogens is 69.0 g/mol. The zero-order valence-electron chi connectivity index (χ0n) is 2.36. The van der Waals surface area contributed by atoms with Gasteiger partial charge in [0.25, 0.3) is 0 Å². The van der Waals surface area contributed by atoms with Crippen LogP contribution in [0.1, 0.15) is 0 Å². The van der Waals surface area contributed by atoms with E-state index < -0.39 is 0 Å². The maximum Gasteiger partial charge on any atom is 0.234 e. The predicted octanol–water partition coefficient (Wildman–Crippen LogP) is 0.264. The first-order valence-corrected chi connectivity index (χ1v) is 2.36. The Labute approximate surface area is 27.2 Å². The third kappa shape index (κ3) is 0.264. The molecule has 0 radical (unpaired) electrons. The molecule has 1 saturated heterocycles. The van der Waals surface area contributed by atoms with Gasteiger partial charge < -0.3 is 0 Å². The Morgan fingerprint density at radius 1 is 2.00 bits per heavy atom. The van der Waals surface area contributed by atoms with Crippen molar-refractivity contribution in [1.82, 2.24) is 0 Å². The predicted molar refractivity (Wildman–Crippen MR) is 20.6 cm³/mol. The second-order valence-electron chi connectivity index (χ2n) is 0.856. The van der Waals surface area contributed by atoms with Crippen LogP contribution in [0.2, 0.25) is 0 Å². The standard InChI is InChI=1S/C2H5NP/c1-3-2-4-3/h4H,1-2H2/q+1. The molecule has 1 atom stereocenters. The highest BCUT2D eigenvalue weighted by Gasteiger charge is 2.16. The van der Waals surface area contributed by atoms with Crippen LogP contribution in [0.4, 0.5) is 0 Å². The summed E-state index contributed by atoms with van der Waals surface area (Å²) in [4.78, 5) is 0. The molecule has 0 bridgehead atoms. The molecule has 1 unspecified atom stereocenters. The summed E-state index contributed by atoms with van der Waals surface area (Å²) in [6, 6.07) is 0. The Balaban J connectivity index is 2.60. The van der Waals surface area contributed by atoms with Gasteiger partial charge >= 0.3 is 0 Å². The van der Waals surface area contributed by atoms with Crippen molar-refractivity contribution < 1.29 is 4.35 Å². The van der Waals surface area contributed by atoms with Gasteiger partial charge in [0.05, 0.1) is 0 Å². The van der Waals surface area contributed by atoms with Crippen LogP contribution in [-0.4, -0.2) is 17.3 Å². The van der Waals surface area contributed by atoms with Gasteiger partial charge in [-0.15, -0.1) is 0 Å². The molecule has 0 saturated carbocycles. The molecule has 4 heavy (non-hydrogen) atoms. The number of hydrogen-bond donors (Lipinski definition) is 0. The fourth-order valence-corrected chi connectivity index (χ4v) is 0.150. The van der Waals surface area contributed by atoms with Crippen LogP contribution < -0.4 is 0 Å². The Bertz CT molecular complexity index is 44.0. The third-order valence-corrected chi connectivity index (χ3v) is 1.15. The van der Waals surface area contributed by atoms with Crippen molar-refractivity contribution in [2.75, 3.05) is 6.29 Å². The molecule has 0 aromatic carbocycles. The zero-order valence-corrected chi connectivity index (χ0v) is 3.36. The minimum atomic E-state index is 1.03. The van der Waals surface area contributed by atoms with Crippen molar-refractivity contribution in [3.05, 3.63) is 0 Å². The van der Waals surface area contributed by atoms with E-state index in [2.05, 4.69) is 6.72 Å². The van der Waals surface area contributed by atoms with Gasteiger partial charge in [0.2, 0.25) is 15.0 Å². The van der Waals surface area contributed by atoms with Crippen molar-refractivity contribution in [2.45, 2.75) is 0 Å². The molecule has 1 fully saturated rings. The molecule has 1 aliphatic heterocycles. The Morgan fingerprint density at radius 2 is 2.25 bits per heavy atom. The van der Waals surface area contributed by atoms with Gasteiger partial charge in [-0.2, -0.15) is 0 Å². The minimum Gasteiger partial charge on any atom is -0.215 e. The number of nitrogens with zero attached hydrogens (tertiary/aromatic N) is 1. The first kappa shape index (κ1) is 2.34. The summed E-state index contributed by atoms with van der Waals surface area (Å²) in [6.07, 6.45) is 1.24. The lowest BCUT2D eigenvalue weighted by atomic mass is 11.4. The highest BCUT2D eigenvalue weighted by Crippen LogP contribution is 2.26. The second kappa shape index (κ2) is 0.526. The summed E-state index contributed by atoms with van der Waals surface area (Å²) < 4.78 is 2.03. The van der Waals surface area contributed by atoms with Crippen molar-refractivity contribution in [2.24, 2.45) is 0 Å². The van der Waals surface area contributed by atoms with E-state index in [9.17, 15) is 0 Å². The van der Waals surface area contributed by atoms with Gasteiger partial charge in [-0.25, -0.2) is 4.35 Å². The first-order valence-electron chi connectivity index (χ1n) is 1.21. The fraction of sp³-hybridized carbons (Fsp3) is 0.500. The quantitative estimate of drug-likeness (QED) is 0.286. The van der Waals surface area contributed by atoms with Crippen molar-refractivity contribution in [3.8, 4) is 0 Å². The summed E-state index contributed by atoms with van der Waals surface area (Å²) in [7, 11) is 1.03. The molecule has 0 aromatic rings. The topological polar surface area (TPSA) is 3.01 Å². The van der Waals surface area contributed by atoms with E-state index in [0.717, 1.165) is 8.73 Å². The normalized spacial score (nSPS) is 27.5. The molecular formula is C2H5NP+. The van der Waals surface area contributed by atoms with Crippen LogP contribution in [0.3, 0.4) is 0 Å². The van der Waals surface area contributed by atoms with E-state index in [-0.39, 0.29) is 0 Å². The smallest absolute Gasteiger partial charge is 0.215 e. The van der Waals surface area contributed by atoms with Gasteiger partial charge in [-0.05, 0) is 0 Å². The summed E-state index contributed by atoms with van der Waals surface area (Å²) in [5.74, 6) is 0. The maximum absolute atomic E-state index is 3.60. The second-order valence-corrected chi connectivity index (χ2v) is 2.12. The van der Waals surface area contributed by atoms with E-state index in [1.165, 1.54) is 6.29 Å². The Kier molecular flexibility index (Phi) is 0.308. The molecule has 0 aromatic heterocycles. The molecule has 0 aliphatic carbocycles. The lowest BCUT2D eigenvalue weighted by molar-refractivity contribution is -0.235. The van der Waals surface area contributed by atoms with E-state index in [1.807, 2.05) is 4.35 Å². The lowest BCUT2D eigenvalue weighted by Gasteiger charge is -1.34. The highest BCUT2D eigenvalue weighted by molar-refractivity contribution is 7.36. The van der Waals surface area contributed by atoms with Crippen LogP contribution in [0, 0.1) is 0 Å². The summed E-state index contributed by atoms with van der Waals surface area (Å²) in [5, 5.41) is 0. The van der Waals surface area contributed by atoms with Crippen LogP contribution in [-0.2, 0) is 0 Å². The van der Waals surface area contributed by atoms with Gasteiger partial charge in [0, 0.05) is 0 Å². The number of rotatable bonds is 0. The lowest BCUT2D eigenvalue weighted by Crippen LogP contribution is -1.53. The van der Waals surface area contributed by atoms with E-state index >= 15 is 0 Å². The van der Waals surface area contributed by atoms with Crippen molar-refractivity contribution in [3.63, 3.8) is 0 Å². The van der Waals surface area contributed by atoms with Gasteiger partial charge in [-0.3, -0.25) is 0 Å². The fourth-order valence-electron chi connectivity index (χ4n) is 0.0500. The summed E-state index contributed by atoms with van der Waals surface area (Å²) in [6.45, 7) is 3.60. The van der Waals surface area contributed by atoms with Crippen LogP contribution in [0.5, 0.6) is 0 Å². The Hall–Kier alpha value is 0.100. The zero-order chi connectivity index (χ0) is 2.99. The van der Waals surface area contributed by atoms with Crippen LogP contribution in [0.15, 0.2) is 0 Å². The Morgan fingerprint density at radius 3 is 2.25 bits per heavy atom. The SMILES string of the molecule is C=[N+]1CP1. The largest absolute Gasteiger partial charge is 0.234 e. The summed E-state index contributed by atoms with van der Waals surface area (Å²) in [5.41, 5.74) is 0. The van der Waals surface area contributed by atoms with Crippen LogP contribution in [0.25, 0.3) is 0 Å². The molecule has 1 aliphatic rings. The average molecular weight is 74.0 g/mol. The molecule has 0 spiro atoms.